The third kappa shape index (κ3) is 3.08. The van der Waals surface area contributed by atoms with Crippen molar-refractivity contribution in [3.05, 3.63) is 23.0 Å². The van der Waals surface area contributed by atoms with Crippen LogP contribution in [-0.4, -0.2) is 40.8 Å². The Morgan fingerprint density at radius 2 is 1.95 bits per heavy atom. The van der Waals surface area contributed by atoms with Crippen molar-refractivity contribution in [1.82, 2.24) is 4.90 Å². The highest BCUT2D eigenvalue weighted by atomic mass is 16.5. The third-order valence-corrected chi connectivity index (χ3v) is 3.92. The summed E-state index contributed by atoms with van der Waals surface area (Å²) >= 11 is 0. The smallest absolute Gasteiger partial charge is 0.323 e. The normalized spacial score (nSPS) is 21.7. The van der Waals surface area contributed by atoms with Gasteiger partial charge in [0, 0.05) is 11.1 Å². The van der Waals surface area contributed by atoms with Gasteiger partial charge in [-0.3, -0.25) is 24.1 Å². The number of nitrogens with zero attached hydrogens (tertiary/aromatic N) is 1. The molecule has 0 radical (unpaired) electrons. The monoisotopic (exact) mass is 307 g/mol. The van der Waals surface area contributed by atoms with Gasteiger partial charge < -0.3 is 9.84 Å². The van der Waals surface area contributed by atoms with Gasteiger partial charge in [0.05, 0.1) is 0 Å². The molecule has 1 aliphatic heterocycles. The minimum Gasteiger partial charge on any atom is -0.480 e. The standard InChI is InChI=1S/C15H17NO6/c1-9-11(6-10-4-2-3-5-10)14(20)16(7-12(18)19)15(21)13(9)22-8-17/h6,8,10H,2-5,7H2,1H3,(H,18,19). The van der Waals surface area contributed by atoms with E-state index in [0.717, 1.165) is 25.7 Å². The molecule has 0 aromatic heterocycles. The van der Waals surface area contributed by atoms with E-state index in [9.17, 15) is 19.2 Å². The SMILES string of the molecule is CC1=C(OC=O)C(=O)N(CC(=O)O)C(=O)C1=CC1CCCC1. The summed E-state index contributed by atoms with van der Waals surface area (Å²) in [7, 11) is 0. The van der Waals surface area contributed by atoms with Crippen LogP contribution in [-0.2, 0) is 23.9 Å². The van der Waals surface area contributed by atoms with Gasteiger partial charge in [0.2, 0.25) is 0 Å². The summed E-state index contributed by atoms with van der Waals surface area (Å²) < 4.78 is 4.68. The van der Waals surface area contributed by atoms with Gasteiger partial charge in [0.25, 0.3) is 18.3 Å². The van der Waals surface area contributed by atoms with Crippen LogP contribution in [0.3, 0.4) is 0 Å². The van der Waals surface area contributed by atoms with E-state index in [4.69, 9.17) is 5.11 Å². The van der Waals surface area contributed by atoms with Crippen LogP contribution in [0, 0.1) is 5.92 Å². The Labute approximate surface area is 127 Å². The van der Waals surface area contributed by atoms with Crippen molar-refractivity contribution in [3.8, 4) is 0 Å². The van der Waals surface area contributed by atoms with E-state index < -0.39 is 24.3 Å². The molecule has 1 N–H and O–H groups in total. The van der Waals surface area contributed by atoms with Gasteiger partial charge in [0.15, 0.2) is 5.76 Å². The molecular weight excluding hydrogens is 290 g/mol. The first-order valence-electron chi connectivity index (χ1n) is 7.07. The molecule has 1 saturated carbocycles. The van der Waals surface area contributed by atoms with Crippen molar-refractivity contribution in [2.45, 2.75) is 32.6 Å². The molecule has 0 atom stereocenters. The number of aliphatic carboxylic acids is 1. The molecule has 0 spiro atoms. The Morgan fingerprint density at radius 3 is 2.50 bits per heavy atom. The summed E-state index contributed by atoms with van der Waals surface area (Å²) in [6, 6.07) is 0. The summed E-state index contributed by atoms with van der Waals surface area (Å²) in [4.78, 5) is 46.6. The average Bonchev–Trinajstić information content (AvgIpc) is 2.97. The highest BCUT2D eigenvalue weighted by Crippen LogP contribution is 2.32. The molecule has 0 saturated heterocycles. The molecule has 1 aliphatic carbocycles. The molecule has 2 amide bonds. The number of carbonyl (C=O) groups excluding carboxylic acids is 3. The highest BCUT2D eigenvalue weighted by molar-refractivity contribution is 6.17. The number of imide groups is 1. The zero-order chi connectivity index (χ0) is 16.3. The van der Waals surface area contributed by atoms with E-state index in [1.165, 1.54) is 6.92 Å². The number of hydrogen-bond donors (Lipinski definition) is 1. The van der Waals surface area contributed by atoms with E-state index in [1.54, 1.807) is 6.08 Å². The van der Waals surface area contributed by atoms with Crippen molar-refractivity contribution >= 4 is 24.3 Å². The van der Waals surface area contributed by atoms with Crippen LogP contribution in [0.2, 0.25) is 0 Å². The van der Waals surface area contributed by atoms with Crippen LogP contribution >= 0.6 is 0 Å². The summed E-state index contributed by atoms with van der Waals surface area (Å²) in [6.07, 6.45) is 5.80. The Kier molecular flexibility index (Phi) is 4.75. The number of amides is 2. The van der Waals surface area contributed by atoms with Crippen LogP contribution in [0.15, 0.2) is 23.0 Å². The lowest BCUT2D eigenvalue weighted by atomic mass is 9.94. The minimum atomic E-state index is -1.31. The van der Waals surface area contributed by atoms with Crippen LogP contribution in [0.25, 0.3) is 0 Å². The number of carboxylic acid groups (broad SMARTS) is 1. The largest absolute Gasteiger partial charge is 0.480 e. The maximum Gasteiger partial charge on any atom is 0.323 e. The summed E-state index contributed by atoms with van der Waals surface area (Å²) in [5, 5.41) is 8.86. The lowest BCUT2D eigenvalue weighted by Crippen LogP contribution is -2.46. The quantitative estimate of drug-likeness (QED) is 0.462. The molecule has 118 valence electrons. The maximum atomic E-state index is 12.4. The van der Waals surface area contributed by atoms with Crippen molar-refractivity contribution in [2.24, 2.45) is 5.92 Å². The molecule has 2 aliphatic rings. The van der Waals surface area contributed by atoms with Gasteiger partial charge in [-0.05, 0) is 25.7 Å². The topological polar surface area (TPSA) is 101 Å². The van der Waals surface area contributed by atoms with E-state index >= 15 is 0 Å². The Hall–Kier alpha value is -2.44. The number of carboxylic acids is 1. The second-order valence-corrected chi connectivity index (χ2v) is 5.38. The Morgan fingerprint density at radius 1 is 1.32 bits per heavy atom. The lowest BCUT2D eigenvalue weighted by Gasteiger charge is -2.27. The molecule has 7 nitrogen and oxygen atoms in total. The van der Waals surface area contributed by atoms with Crippen molar-refractivity contribution in [3.63, 3.8) is 0 Å². The van der Waals surface area contributed by atoms with Crippen molar-refractivity contribution < 1.29 is 29.0 Å². The molecule has 22 heavy (non-hydrogen) atoms. The second-order valence-electron chi connectivity index (χ2n) is 5.38. The lowest BCUT2D eigenvalue weighted by molar-refractivity contribution is -0.152. The van der Waals surface area contributed by atoms with Gasteiger partial charge in [0.1, 0.15) is 6.54 Å². The molecule has 7 heteroatoms. The molecule has 2 rings (SSSR count). The average molecular weight is 307 g/mol. The third-order valence-electron chi connectivity index (χ3n) is 3.92. The molecule has 1 fully saturated rings. The predicted molar refractivity (Wildman–Crippen MR) is 74.2 cm³/mol. The zero-order valence-electron chi connectivity index (χ0n) is 12.2. The van der Waals surface area contributed by atoms with Crippen LogP contribution in [0.1, 0.15) is 32.6 Å². The number of carbonyl (C=O) groups is 4. The molecule has 1 heterocycles. The fourth-order valence-corrected chi connectivity index (χ4v) is 2.83. The fraction of sp³-hybridized carbons (Fsp3) is 0.467. The van der Waals surface area contributed by atoms with Crippen LogP contribution < -0.4 is 0 Å². The van der Waals surface area contributed by atoms with E-state index in [1.807, 2.05) is 0 Å². The van der Waals surface area contributed by atoms with Gasteiger partial charge in [-0.25, -0.2) is 0 Å². The van der Waals surface area contributed by atoms with Crippen molar-refractivity contribution in [2.75, 3.05) is 6.54 Å². The number of hydrogen-bond acceptors (Lipinski definition) is 5. The summed E-state index contributed by atoms with van der Waals surface area (Å²) in [5.41, 5.74) is 0.514. The number of rotatable bonds is 5. The van der Waals surface area contributed by atoms with Gasteiger partial charge >= 0.3 is 5.97 Å². The fourth-order valence-electron chi connectivity index (χ4n) is 2.83. The van der Waals surface area contributed by atoms with Gasteiger partial charge in [-0.1, -0.05) is 18.9 Å². The predicted octanol–water partition coefficient (Wildman–Crippen LogP) is 1.00. The highest BCUT2D eigenvalue weighted by Gasteiger charge is 2.38. The minimum absolute atomic E-state index is 0.0959. The van der Waals surface area contributed by atoms with Gasteiger partial charge in [-0.2, -0.15) is 0 Å². The van der Waals surface area contributed by atoms with Crippen LogP contribution in [0.4, 0.5) is 0 Å². The zero-order valence-corrected chi connectivity index (χ0v) is 12.2. The molecule has 0 aromatic rings. The van der Waals surface area contributed by atoms with Gasteiger partial charge in [-0.15, -0.1) is 0 Å². The molecule has 0 aromatic carbocycles. The molecule has 0 unspecified atom stereocenters. The number of ether oxygens (including phenoxy) is 1. The Bertz CT molecular complexity index is 583. The first-order valence-corrected chi connectivity index (χ1v) is 7.07. The van der Waals surface area contributed by atoms with E-state index in [2.05, 4.69) is 4.74 Å². The van der Waals surface area contributed by atoms with Crippen LogP contribution in [0.5, 0.6) is 0 Å². The first-order chi connectivity index (χ1) is 10.5. The molecular formula is C15H17NO6. The molecule has 0 bridgehead atoms. The summed E-state index contributed by atoms with van der Waals surface area (Å²) in [5.74, 6) is -2.95. The van der Waals surface area contributed by atoms with E-state index in [-0.39, 0.29) is 29.3 Å². The summed E-state index contributed by atoms with van der Waals surface area (Å²) in [6.45, 7) is 0.852. The number of allylic oxidation sites excluding steroid dienone is 1. The second kappa shape index (κ2) is 6.55. The maximum absolute atomic E-state index is 12.4. The van der Waals surface area contributed by atoms with E-state index in [0.29, 0.717) is 4.90 Å². The first kappa shape index (κ1) is 15.9. The Balaban J connectivity index is 2.44. The van der Waals surface area contributed by atoms with Crippen molar-refractivity contribution in [1.29, 1.82) is 0 Å².